The van der Waals surface area contributed by atoms with E-state index in [1.807, 2.05) is 57.2 Å². The Hall–Kier alpha value is -3.02. The lowest BCUT2D eigenvalue weighted by atomic mass is 10.1. The molecule has 0 unspecified atom stereocenters. The largest absolute Gasteiger partial charge is 0.371 e. The number of aryl methyl sites for hydroxylation is 1. The first-order chi connectivity index (χ1) is 13.4. The molecule has 0 atom stereocenters. The summed E-state index contributed by atoms with van der Waals surface area (Å²) in [7, 11) is 0. The Labute approximate surface area is 166 Å². The van der Waals surface area contributed by atoms with E-state index in [0.29, 0.717) is 11.3 Å². The van der Waals surface area contributed by atoms with Gasteiger partial charge in [0.15, 0.2) is 0 Å². The second-order valence-corrected chi connectivity index (χ2v) is 7.50. The summed E-state index contributed by atoms with van der Waals surface area (Å²) in [6, 6.07) is 12.8. The number of urea groups is 1. The fourth-order valence-corrected chi connectivity index (χ4v) is 3.30. The predicted octanol–water partition coefficient (Wildman–Crippen LogP) is 4.38. The van der Waals surface area contributed by atoms with Crippen LogP contribution in [-0.2, 0) is 0 Å². The monoisotopic (exact) mass is 380 g/mol. The molecule has 28 heavy (non-hydrogen) atoms. The zero-order valence-corrected chi connectivity index (χ0v) is 16.7. The minimum absolute atomic E-state index is 0.0420. The molecule has 1 aliphatic heterocycles. The first-order valence-corrected chi connectivity index (χ1v) is 9.77. The zero-order chi connectivity index (χ0) is 20.1. The smallest absolute Gasteiger partial charge is 0.323 e. The van der Waals surface area contributed by atoms with Crippen LogP contribution in [-0.4, -0.2) is 31.1 Å². The van der Waals surface area contributed by atoms with Crippen LogP contribution >= 0.6 is 0 Å². The molecule has 6 nitrogen and oxygen atoms in total. The number of benzene rings is 2. The Bertz CT molecular complexity index is 840. The average molecular weight is 380 g/mol. The minimum Gasteiger partial charge on any atom is -0.371 e. The topological polar surface area (TPSA) is 73.5 Å². The number of hydrogen-bond donors (Lipinski definition) is 3. The Morgan fingerprint density at radius 3 is 2.18 bits per heavy atom. The van der Waals surface area contributed by atoms with Gasteiger partial charge in [-0.25, -0.2) is 4.79 Å². The molecule has 6 heteroatoms. The maximum atomic E-state index is 12.7. The van der Waals surface area contributed by atoms with E-state index in [0.717, 1.165) is 42.9 Å². The number of carbonyl (C=O) groups excluding carboxylic acids is 2. The predicted molar refractivity (Wildman–Crippen MR) is 114 cm³/mol. The van der Waals surface area contributed by atoms with Crippen molar-refractivity contribution in [1.29, 1.82) is 0 Å². The van der Waals surface area contributed by atoms with E-state index in [2.05, 4.69) is 20.9 Å². The highest BCUT2D eigenvalue weighted by atomic mass is 16.2. The maximum Gasteiger partial charge on any atom is 0.323 e. The van der Waals surface area contributed by atoms with Crippen molar-refractivity contribution in [2.45, 2.75) is 39.7 Å². The SMILES string of the molecule is Cc1ccc(NC(=O)Nc2ccc(N3CCCC3)c(C(=O)NC(C)C)c2)cc1. The van der Waals surface area contributed by atoms with E-state index in [1.165, 1.54) is 0 Å². The van der Waals surface area contributed by atoms with Crippen molar-refractivity contribution in [3.05, 3.63) is 53.6 Å². The van der Waals surface area contributed by atoms with E-state index in [1.54, 1.807) is 6.07 Å². The summed E-state index contributed by atoms with van der Waals surface area (Å²) in [6.07, 6.45) is 2.26. The molecule has 1 aliphatic rings. The zero-order valence-electron chi connectivity index (χ0n) is 16.7. The second kappa shape index (κ2) is 8.78. The van der Waals surface area contributed by atoms with Gasteiger partial charge in [0.2, 0.25) is 0 Å². The molecule has 1 saturated heterocycles. The van der Waals surface area contributed by atoms with Crippen molar-refractivity contribution in [2.24, 2.45) is 0 Å². The van der Waals surface area contributed by atoms with Crippen molar-refractivity contribution in [3.63, 3.8) is 0 Å². The first kappa shape index (κ1) is 19.7. The highest BCUT2D eigenvalue weighted by Crippen LogP contribution is 2.28. The molecule has 0 aromatic heterocycles. The highest BCUT2D eigenvalue weighted by molar-refractivity contribution is 6.04. The van der Waals surface area contributed by atoms with Gasteiger partial charge in [-0.3, -0.25) is 4.79 Å². The molecular weight excluding hydrogens is 352 g/mol. The maximum absolute atomic E-state index is 12.7. The van der Waals surface area contributed by atoms with E-state index >= 15 is 0 Å². The molecule has 0 aliphatic carbocycles. The van der Waals surface area contributed by atoms with E-state index in [4.69, 9.17) is 0 Å². The number of anilines is 3. The number of carbonyl (C=O) groups is 2. The summed E-state index contributed by atoms with van der Waals surface area (Å²) in [6.45, 7) is 7.76. The van der Waals surface area contributed by atoms with Crippen LogP contribution in [0.2, 0.25) is 0 Å². The van der Waals surface area contributed by atoms with Gasteiger partial charge in [-0.05, 0) is 63.9 Å². The lowest BCUT2D eigenvalue weighted by molar-refractivity contribution is 0.0943. The Kier molecular flexibility index (Phi) is 6.19. The summed E-state index contributed by atoms with van der Waals surface area (Å²) in [5, 5.41) is 8.58. The van der Waals surface area contributed by atoms with Gasteiger partial charge in [0.05, 0.1) is 5.56 Å². The molecule has 148 valence electrons. The summed E-state index contributed by atoms with van der Waals surface area (Å²) < 4.78 is 0. The van der Waals surface area contributed by atoms with Crippen LogP contribution in [0.1, 0.15) is 42.6 Å². The van der Waals surface area contributed by atoms with Gasteiger partial charge in [-0.2, -0.15) is 0 Å². The van der Waals surface area contributed by atoms with Gasteiger partial charge in [-0.1, -0.05) is 17.7 Å². The van der Waals surface area contributed by atoms with Crippen molar-refractivity contribution < 1.29 is 9.59 Å². The third-order valence-corrected chi connectivity index (χ3v) is 4.68. The highest BCUT2D eigenvalue weighted by Gasteiger charge is 2.21. The molecule has 2 aromatic rings. The molecule has 2 aromatic carbocycles. The molecule has 3 N–H and O–H groups in total. The quantitative estimate of drug-likeness (QED) is 0.721. The fraction of sp³-hybridized carbons (Fsp3) is 0.364. The van der Waals surface area contributed by atoms with Gasteiger partial charge < -0.3 is 20.9 Å². The summed E-state index contributed by atoms with van der Waals surface area (Å²) in [4.78, 5) is 27.3. The van der Waals surface area contributed by atoms with Crippen LogP contribution in [0.25, 0.3) is 0 Å². The van der Waals surface area contributed by atoms with Crippen molar-refractivity contribution in [1.82, 2.24) is 5.32 Å². The summed E-state index contributed by atoms with van der Waals surface area (Å²) in [5.41, 5.74) is 3.93. The van der Waals surface area contributed by atoms with Gasteiger partial charge >= 0.3 is 6.03 Å². The molecule has 1 fully saturated rings. The molecular formula is C22H28N4O2. The van der Waals surface area contributed by atoms with Crippen LogP contribution in [0.3, 0.4) is 0 Å². The average Bonchev–Trinajstić information content (AvgIpc) is 3.17. The molecule has 1 heterocycles. The number of amides is 3. The first-order valence-electron chi connectivity index (χ1n) is 9.77. The molecule has 3 amide bonds. The lowest BCUT2D eigenvalue weighted by Gasteiger charge is -2.22. The van der Waals surface area contributed by atoms with Gasteiger partial charge in [0.1, 0.15) is 0 Å². The Balaban J connectivity index is 1.77. The van der Waals surface area contributed by atoms with Gasteiger partial charge in [-0.15, -0.1) is 0 Å². The Morgan fingerprint density at radius 2 is 1.54 bits per heavy atom. The summed E-state index contributed by atoms with van der Waals surface area (Å²) in [5.74, 6) is -0.125. The van der Waals surface area contributed by atoms with E-state index in [9.17, 15) is 9.59 Å². The van der Waals surface area contributed by atoms with Crippen molar-refractivity contribution >= 4 is 29.0 Å². The number of hydrogen-bond acceptors (Lipinski definition) is 3. The van der Waals surface area contributed by atoms with Crippen LogP contribution in [0.15, 0.2) is 42.5 Å². The number of nitrogens with one attached hydrogen (secondary N) is 3. The number of rotatable bonds is 5. The third kappa shape index (κ3) is 5.03. The van der Waals surface area contributed by atoms with Crippen molar-refractivity contribution in [2.75, 3.05) is 28.6 Å². The second-order valence-electron chi connectivity index (χ2n) is 7.50. The fourth-order valence-electron chi connectivity index (χ4n) is 3.30. The van der Waals surface area contributed by atoms with Gasteiger partial charge in [0.25, 0.3) is 5.91 Å². The molecule has 0 spiro atoms. The minimum atomic E-state index is -0.340. The lowest BCUT2D eigenvalue weighted by Crippen LogP contribution is -2.32. The van der Waals surface area contributed by atoms with Crippen molar-refractivity contribution in [3.8, 4) is 0 Å². The van der Waals surface area contributed by atoms with Gasteiger partial charge in [0, 0.05) is 36.2 Å². The van der Waals surface area contributed by atoms with Crippen LogP contribution < -0.4 is 20.9 Å². The van der Waals surface area contributed by atoms with Crippen LogP contribution in [0, 0.1) is 6.92 Å². The van der Waals surface area contributed by atoms with Crippen LogP contribution in [0.4, 0.5) is 21.9 Å². The van der Waals surface area contributed by atoms with E-state index in [-0.39, 0.29) is 18.0 Å². The Morgan fingerprint density at radius 1 is 0.929 bits per heavy atom. The third-order valence-electron chi connectivity index (χ3n) is 4.68. The standard InChI is InChI=1S/C22H28N4O2/c1-15(2)23-21(27)19-14-18(10-11-20(19)26-12-4-5-13-26)25-22(28)24-17-8-6-16(3)7-9-17/h6-11,14-15H,4-5,12-13H2,1-3H3,(H,23,27)(H2,24,25,28). The molecule has 0 saturated carbocycles. The molecule has 3 rings (SSSR count). The van der Waals surface area contributed by atoms with E-state index < -0.39 is 0 Å². The normalized spacial score (nSPS) is 13.5. The molecule has 0 bridgehead atoms. The summed E-state index contributed by atoms with van der Waals surface area (Å²) >= 11 is 0. The molecule has 0 radical (unpaired) electrons. The van der Waals surface area contributed by atoms with Crippen LogP contribution in [0.5, 0.6) is 0 Å². The number of nitrogens with zero attached hydrogens (tertiary/aromatic N) is 1.